The van der Waals surface area contributed by atoms with E-state index < -0.39 is 5.43 Å². The number of nitrogen functional groups attached to an aromatic ring is 1. The molecular weight excluding hydrogens is 264 g/mol. The van der Waals surface area contributed by atoms with Crippen molar-refractivity contribution < 1.29 is 9.21 Å². The summed E-state index contributed by atoms with van der Waals surface area (Å²) in [6.45, 7) is 1.75. The second kappa shape index (κ2) is 4.81. The van der Waals surface area contributed by atoms with Crippen LogP contribution in [-0.4, -0.2) is 10.8 Å². The first-order chi connectivity index (χ1) is 8.95. The predicted octanol–water partition coefficient (Wildman–Crippen LogP) is 1.60. The van der Waals surface area contributed by atoms with E-state index in [9.17, 15) is 9.59 Å². The number of benzene rings is 1. The molecule has 1 aromatic carbocycles. The van der Waals surface area contributed by atoms with Crippen LogP contribution in [0.5, 0.6) is 0 Å². The second-order valence-corrected chi connectivity index (χ2v) is 4.47. The first-order valence-electron chi connectivity index (χ1n) is 5.65. The third-order valence-electron chi connectivity index (χ3n) is 2.79. The number of Topliss-reactive ketones (excluding diaryl/α,β-unsaturated/α-hetero) is 1. The molecule has 0 saturated carbocycles. The zero-order valence-electron chi connectivity index (χ0n) is 10.2. The van der Waals surface area contributed by atoms with E-state index in [1.54, 1.807) is 19.1 Å². The number of carbonyl (C=O) groups is 1. The van der Waals surface area contributed by atoms with Crippen LogP contribution >= 0.6 is 12.2 Å². The average Bonchev–Trinajstić information content (AvgIpc) is 2.41. The highest BCUT2D eigenvalue weighted by Gasteiger charge is 2.15. The Hall–Kier alpha value is -2.21. The summed E-state index contributed by atoms with van der Waals surface area (Å²) in [7, 11) is 0. The van der Waals surface area contributed by atoms with Gasteiger partial charge in [-0.25, -0.2) is 0 Å². The summed E-state index contributed by atoms with van der Waals surface area (Å²) in [5.41, 5.74) is 11.3. The molecule has 0 unspecified atom stereocenters. The summed E-state index contributed by atoms with van der Waals surface area (Å²) in [4.78, 5) is 23.7. The van der Waals surface area contributed by atoms with Gasteiger partial charge in [-0.2, -0.15) is 0 Å². The smallest absolute Gasteiger partial charge is 0.216 e. The van der Waals surface area contributed by atoms with Gasteiger partial charge in [-0.1, -0.05) is 19.1 Å². The molecule has 98 valence electrons. The predicted molar refractivity (Wildman–Crippen MR) is 77.4 cm³/mol. The standard InChI is InChI=1S/C13H12N2O3S/c1-2-8(16)6-3-4-9-7(5-6)11(17)10(14)12(18-9)13(15)19/h3-5H,2,14H2,1H3,(H2,15,19). The van der Waals surface area contributed by atoms with Gasteiger partial charge in [0.05, 0.1) is 5.39 Å². The van der Waals surface area contributed by atoms with Gasteiger partial charge in [0.25, 0.3) is 0 Å². The summed E-state index contributed by atoms with van der Waals surface area (Å²) < 4.78 is 5.40. The average molecular weight is 276 g/mol. The highest BCUT2D eigenvalue weighted by Crippen LogP contribution is 2.19. The van der Waals surface area contributed by atoms with Gasteiger partial charge >= 0.3 is 0 Å². The molecule has 1 aromatic heterocycles. The van der Waals surface area contributed by atoms with Crippen LogP contribution in [0, 0.1) is 0 Å². The van der Waals surface area contributed by atoms with Gasteiger partial charge in [0, 0.05) is 12.0 Å². The lowest BCUT2D eigenvalue weighted by Crippen LogP contribution is -2.19. The summed E-state index contributed by atoms with van der Waals surface area (Å²) in [5.74, 6) is -0.0552. The fraction of sp³-hybridized carbons (Fsp3) is 0.154. The molecule has 0 fully saturated rings. The van der Waals surface area contributed by atoms with E-state index in [4.69, 9.17) is 28.1 Å². The van der Waals surface area contributed by atoms with Crippen LogP contribution in [0.4, 0.5) is 5.69 Å². The molecule has 0 saturated heterocycles. The molecule has 6 heteroatoms. The van der Waals surface area contributed by atoms with E-state index in [2.05, 4.69) is 0 Å². The van der Waals surface area contributed by atoms with Crippen molar-refractivity contribution in [3.63, 3.8) is 0 Å². The monoisotopic (exact) mass is 276 g/mol. The van der Waals surface area contributed by atoms with E-state index in [1.165, 1.54) is 6.07 Å². The number of ketones is 1. The minimum absolute atomic E-state index is 0.00191. The van der Waals surface area contributed by atoms with E-state index in [0.29, 0.717) is 17.6 Å². The Labute approximate surface area is 114 Å². The number of hydrogen-bond donors (Lipinski definition) is 2. The lowest BCUT2D eigenvalue weighted by molar-refractivity contribution is 0.0988. The number of nitrogens with two attached hydrogens (primary N) is 2. The quantitative estimate of drug-likeness (QED) is 0.652. The van der Waals surface area contributed by atoms with Crippen molar-refractivity contribution in [3.05, 3.63) is 39.7 Å². The van der Waals surface area contributed by atoms with Gasteiger partial charge < -0.3 is 15.9 Å². The van der Waals surface area contributed by atoms with Crippen molar-refractivity contribution in [2.45, 2.75) is 13.3 Å². The Morgan fingerprint density at radius 2 is 2.11 bits per heavy atom. The third kappa shape index (κ3) is 2.22. The molecule has 0 bridgehead atoms. The van der Waals surface area contributed by atoms with Crippen molar-refractivity contribution in [2.24, 2.45) is 5.73 Å². The van der Waals surface area contributed by atoms with Gasteiger partial charge in [-0.05, 0) is 18.2 Å². The van der Waals surface area contributed by atoms with Gasteiger partial charge in [-0.15, -0.1) is 0 Å². The number of hydrogen-bond acceptors (Lipinski definition) is 5. The molecule has 0 spiro atoms. The number of anilines is 1. The molecule has 0 aliphatic heterocycles. The van der Waals surface area contributed by atoms with Gasteiger partial charge in [0.1, 0.15) is 16.3 Å². The number of fused-ring (bicyclic) bond motifs is 1. The summed E-state index contributed by atoms with van der Waals surface area (Å²) in [6.07, 6.45) is 0.358. The SMILES string of the molecule is CCC(=O)c1ccc2oc(C(N)=S)c(N)c(=O)c2c1. The summed E-state index contributed by atoms with van der Waals surface area (Å²) in [5, 5.41) is 0.247. The van der Waals surface area contributed by atoms with Gasteiger partial charge in [-0.3, -0.25) is 9.59 Å². The Balaban J connectivity index is 2.79. The topological polar surface area (TPSA) is 99.3 Å². The van der Waals surface area contributed by atoms with Crippen LogP contribution in [0.1, 0.15) is 29.5 Å². The molecule has 2 aromatic rings. The molecule has 2 rings (SSSR count). The van der Waals surface area contributed by atoms with Crippen LogP contribution in [0.15, 0.2) is 27.4 Å². The van der Waals surface area contributed by atoms with Gasteiger partial charge in [0.15, 0.2) is 11.5 Å². The fourth-order valence-electron chi connectivity index (χ4n) is 1.77. The van der Waals surface area contributed by atoms with E-state index in [1.807, 2.05) is 0 Å². The highest BCUT2D eigenvalue weighted by atomic mass is 32.1. The Kier molecular flexibility index (Phi) is 3.35. The first-order valence-corrected chi connectivity index (χ1v) is 6.05. The number of rotatable bonds is 3. The Bertz CT molecular complexity index is 749. The molecule has 4 N–H and O–H groups in total. The summed E-state index contributed by atoms with van der Waals surface area (Å²) in [6, 6.07) is 4.62. The molecule has 19 heavy (non-hydrogen) atoms. The van der Waals surface area contributed by atoms with E-state index in [-0.39, 0.29) is 27.6 Å². The van der Waals surface area contributed by atoms with Gasteiger partial charge in [0.2, 0.25) is 5.43 Å². The molecule has 0 aliphatic rings. The minimum Gasteiger partial charge on any atom is -0.451 e. The van der Waals surface area contributed by atoms with Crippen molar-refractivity contribution >= 4 is 39.6 Å². The molecule has 0 aliphatic carbocycles. The van der Waals surface area contributed by atoms with Crippen molar-refractivity contribution in [1.82, 2.24) is 0 Å². The number of thiocarbonyl (C=S) groups is 1. The van der Waals surface area contributed by atoms with Crippen molar-refractivity contribution in [1.29, 1.82) is 0 Å². The minimum atomic E-state index is -0.435. The van der Waals surface area contributed by atoms with Crippen LogP contribution < -0.4 is 16.9 Å². The summed E-state index contributed by atoms with van der Waals surface area (Å²) >= 11 is 4.77. The largest absolute Gasteiger partial charge is 0.451 e. The van der Waals surface area contributed by atoms with Crippen LogP contribution in [0.2, 0.25) is 0 Å². The van der Waals surface area contributed by atoms with E-state index >= 15 is 0 Å². The molecule has 1 heterocycles. The normalized spacial score (nSPS) is 10.6. The van der Waals surface area contributed by atoms with Crippen molar-refractivity contribution in [3.8, 4) is 0 Å². The lowest BCUT2D eigenvalue weighted by Gasteiger charge is -2.06. The maximum absolute atomic E-state index is 12.1. The maximum Gasteiger partial charge on any atom is 0.216 e. The Morgan fingerprint density at radius 1 is 1.42 bits per heavy atom. The first kappa shape index (κ1) is 13.2. The zero-order chi connectivity index (χ0) is 14.2. The molecule has 5 nitrogen and oxygen atoms in total. The van der Waals surface area contributed by atoms with Crippen LogP contribution in [0.25, 0.3) is 11.0 Å². The van der Waals surface area contributed by atoms with E-state index in [0.717, 1.165) is 0 Å². The fourth-order valence-corrected chi connectivity index (χ4v) is 1.92. The van der Waals surface area contributed by atoms with Crippen molar-refractivity contribution in [2.75, 3.05) is 5.73 Å². The third-order valence-corrected chi connectivity index (χ3v) is 2.98. The highest BCUT2D eigenvalue weighted by molar-refractivity contribution is 7.80. The second-order valence-electron chi connectivity index (χ2n) is 4.03. The lowest BCUT2D eigenvalue weighted by atomic mass is 10.1. The molecular formula is C13H12N2O3S. The molecule has 0 radical (unpaired) electrons. The Morgan fingerprint density at radius 3 is 2.68 bits per heavy atom. The zero-order valence-corrected chi connectivity index (χ0v) is 11.0. The van der Waals surface area contributed by atoms with Crippen LogP contribution in [-0.2, 0) is 0 Å². The van der Waals surface area contributed by atoms with Crippen LogP contribution in [0.3, 0.4) is 0 Å². The maximum atomic E-state index is 12.1. The molecule has 0 atom stereocenters. The number of carbonyl (C=O) groups excluding carboxylic acids is 1. The molecule has 0 amide bonds.